The maximum absolute atomic E-state index is 10.2. The third kappa shape index (κ3) is 3.66. The standard InChI is InChI=1S/C17H27NO2/c1-4-10-20-15-8-7-14(17(19)11-15)12-18-9-5-6-16(18)13(2)3/h7-8,11,13,16,19H,4-6,9-10,12H2,1-3H3. The second kappa shape index (κ2) is 6.98. The summed E-state index contributed by atoms with van der Waals surface area (Å²) in [5.74, 6) is 1.79. The summed E-state index contributed by atoms with van der Waals surface area (Å²) in [6, 6.07) is 6.34. The van der Waals surface area contributed by atoms with Crippen LogP contribution in [0.5, 0.6) is 11.5 Å². The molecule has 0 aromatic heterocycles. The molecule has 1 atom stereocenters. The van der Waals surface area contributed by atoms with E-state index in [4.69, 9.17) is 4.74 Å². The SMILES string of the molecule is CCCOc1ccc(CN2CCCC2C(C)C)c(O)c1. The summed E-state index contributed by atoms with van der Waals surface area (Å²) in [5, 5.41) is 10.2. The number of phenolic OH excluding ortho intramolecular Hbond substituents is 1. The highest BCUT2D eigenvalue weighted by molar-refractivity contribution is 5.39. The minimum atomic E-state index is 0.355. The summed E-state index contributed by atoms with van der Waals surface area (Å²) in [7, 11) is 0. The minimum absolute atomic E-state index is 0.355. The van der Waals surface area contributed by atoms with Gasteiger partial charge in [0, 0.05) is 24.2 Å². The predicted octanol–water partition coefficient (Wildman–Crippen LogP) is 3.80. The summed E-state index contributed by atoms with van der Waals surface area (Å²) in [4.78, 5) is 2.49. The molecule has 1 fully saturated rings. The van der Waals surface area contributed by atoms with Crippen LogP contribution in [0, 0.1) is 5.92 Å². The van der Waals surface area contributed by atoms with E-state index in [1.807, 2.05) is 12.1 Å². The van der Waals surface area contributed by atoms with Crippen molar-refractivity contribution < 1.29 is 9.84 Å². The molecule has 0 spiro atoms. The maximum atomic E-state index is 10.2. The van der Waals surface area contributed by atoms with Crippen LogP contribution in [0.1, 0.15) is 45.6 Å². The van der Waals surface area contributed by atoms with E-state index in [0.29, 0.717) is 24.3 Å². The normalized spacial score (nSPS) is 19.7. The van der Waals surface area contributed by atoms with E-state index < -0.39 is 0 Å². The van der Waals surface area contributed by atoms with Gasteiger partial charge in [-0.1, -0.05) is 26.8 Å². The Kier molecular flexibility index (Phi) is 5.30. The molecule has 1 unspecified atom stereocenters. The average Bonchev–Trinajstić information content (AvgIpc) is 2.87. The molecule has 1 heterocycles. The number of ether oxygens (including phenoxy) is 1. The molecule has 0 radical (unpaired) electrons. The Balaban J connectivity index is 2.02. The van der Waals surface area contributed by atoms with E-state index in [-0.39, 0.29) is 0 Å². The van der Waals surface area contributed by atoms with Crippen LogP contribution >= 0.6 is 0 Å². The van der Waals surface area contributed by atoms with Gasteiger partial charge in [-0.05, 0) is 37.8 Å². The Hall–Kier alpha value is -1.22. The quantitative estimate of drug-likeness (QED) is 0.858. The number of likely N-dealkylation sites (tertiary alicyclic amines) is 1. The molecule has 3 heteroatoms. The summed E-state index contributed by atoms with van der Waals surface area (Å²) in [5.41, 5.74) is 1.00. The zero-order chi connectivity index (χ0) is 14.5. The summed E-state index contributed by atoms with van der Waals surface area (Å²) < 4.78 is 5.55. The first-order valence-corrected chi connectivity index (χ1v) is 7.80. The first-order chi connectivity index (χ1) is 9.61. The van der Waals surface area contributed by atoms with Crippen LogP contribution in [0.25, 0.3) is 0 Å². The van der Waals surface area contributed by atoms with Crippen LogP contribution < -0.4 is 4.74 Å². The summed E-state index contributed by atoms with van der Waals surface area (Å²) >= 11 is 0. The van der Waals surface area contributed by atoms with Crippen molar-refractivity contribution in [2.24, 2.45) is 5.92 Å². The predicted molar refractivity (Wildman–Crippen MR) is 82.2 cm³/mol. The van der Waals surface area contributed by atoms with Gasteiger partial charge in [0.2, 0.25) is 0 Å². The number of hydrogen-bond donors (Lipinski definition) is 1. The molecule has 2 rings (SSSR count). The summed E-state index contributed by atoms with van der Waals surface area (Å²) in [6.07, 6.45) is 3.52. The molecule has 112 valence electrons. The smallest absolute Gasteiger partial charge is 0.123 e. The molecule has 1 aliphatic heterocycles. The Morgan fingerprint density at radius 3 is 2.85 bits per heavy atom. The van der Waals surface area contributed by atoms with Crippen LogP contribution in [0.3, 0.4) is 0 Å². The summed E-state index contributed by atoms with van der Waals surface area (Å²) in [6.45, 7) is 9.31. The van der Waals surface area contributed by atoms with Gasteiger partial charge < -0.3 is 9.84 Å². The molecule has 20 heavy (non-hydrogen) atoms. The largest absolute Gasteiger partial charge is 0.507 e. The lowest BCUT2D eigenvalue weighted by Crippen LogP contribution is -2.32. The molecule has 1 aliphatic rings. The van der Waals surface area contributed by atoms with E-state index in [1.165, 1.54) is 12.8 Å². The number of benzene rings is 1. The Bertz CT molecular complexity index is 431. The molecule has 1 N–H and O–H groups in total. The van der Waals surface area contributed by atoms with Crippen LogP contribution in [-0.2, 0) is 6.54 Å². The fraction of sp³-hybridized carbons (Fsp3) is 0.647. The van der Waals surface area contributed by atoms with Crippen molar-refractivity contribution in [3.8, 4) is 11.5 Å². The molecular formula is C17H27NO2. The van der Waals surface area contributed by atoms with Gasteiger partial charge >= 0.3 is 0 Å². The van der Waals surface area contributed by atoms with Crippen molar-refractivity contribution in [2.75, 3.05) is 13.2 Å². The van der Waals surface area contributed by atoms with Gasteiger partial charge in [0.1, 0.15) is 11.5 Å². The first-order valence-electron chi connectivity index (χ1n) is 7.80. The number of phenols is 1. The Morgan fingerprint density at radius 1 is 1.40 bits per heavy atom. The molecule has 3 nitrogen and oxygen atoms in total. The molecule has 0 amide bonds. The van der Waals surface area contributed by atoms with E-state index in [1.54, 1.807) is 6.07 Å². The minimum Gasteiger partial charge on any atom is -0.507 e. The topological polar surface area (TPSA) is 32.7 Å². The lowest BCUT2D eigenvalue weighted by molar-refractivity contribution is 0.197. The zero-order valence-corrected chi connectivity index (χ0v) is 12.9. The third-order valence-corrected chi connectivity index (χ3v) is 4.09. The fourth-order valence-electron chi connectivity index (χ4n) is 3.01. The van der Waals surface area contributed by atoms with Crippen molar-refractivity contribution in [3.63, 3.8) is 0 Å². The van der Waals surface area contributed by atoms with Crippen LogP contribution in [-0.4, -0.2) is 29.2 Å². The highest BCUT2D eigenvalue weighted by Gasteiger charge is 2.27. The van der Waals surface area contributed by atoms with Gasteiger partial charge in [0.25, 0.3) is 0 Å². The number of rotatable bonds is 6. The van der Waals surface area contributed by atoms with Crippen molar-refractivity contribution in [2.45, 2.75) is 52.6 Å². The lowest BCUT2D eigenvalue weighted by Gasteiger charge is -2.27. The van der Waals surface area contributed by atoms with E-state index in [2.05, 4.69) is 25.7 Å². The zero-order valence-electron chi connectivity index (χ0n) is 12.9. The van der Waals surface area contributed by atoms with Gasteiger partial charge in [0.05, 0.1) is 6.61 Å². The third-order valence-electron chi connectivity index (χ3n) is 4.09. The first kappa shape index (κ1) is 15.2. The number of aromatic hydroxyl groups is 1. The van der Waals surface area contributed by atoms with Gasteiger partial charge in [0.15, 0.2) is 0 Å². The number of nitrogens with zero attached hydrogens (tertiary/aromatic N) is 1. The molecule has 0 bridgehead atoms. The van der Waals surface area contributed by atoms with Gasteiger partial charge in [-0.25, -0.2) is 0 Å². The maximum Gasteiger partial charge on any atom is 0.123 e. The molecular weight excluding hydrogens is 250 g/mol. The molecule has 0 saturated carbocycles. The highest BCUT2D eigenvalue weighted by atomic mass is 16.5. The van der Waals surface area contributed by atoms with E-state index >= 15 is 0 Å². The Labute approximate surface area is 122 Å². The second-order valence-electron chi connectivity index (χ2n) is 6.06. The van der Waals surface area contributed by atoms with Crippen LogP contribution in [0.2, 0.25) is 0 Å². The number of hydrogen-bond acceptors (Lipinski definition) is 3. The molecule has 1 saturated heterocycles. The van der Waals surface area contributed by atoms with Gasteiger partial charge in [-0.3, -0.25) is 4.90 Å². The van der Waals surface area contributed by atoms with Gasteiger partial charge in [-0.15, -0.1) is 0 Å². The average molecular weight is 277 g/mol. The molecule has 1 aromatic carbocycles. The monoisotopic (exact) mass is 277 g/mol. The second-order valence-corrected chi connectivity index (χ2v) is 6.06. The van der Waals surface area contributed by atoms with Crippen molar-refractivity contribution in [3.05, 3.63) is 23.8 Å². The van der Waals surface area contributed by atoms with Crippen LogP contribution in [0.15, 0.2) is 18.2 Å². The Morgan fingerprint density at radius 2 is 2.20 bits per heavy atom. The fourth-order valence-corrected chi connectivity index (χ4v) is 3.01. The lowest BCUT2D eigenvalue weighted by atomic mass is 10.0. The van der Waals surface area contributed by atoms with Crippen molar-refractivity contribution in [1.29, 1.82) is 0 Å². The van der Waals surface area contributed by atoms with Crippen molar-refractivity contribution >= 4 is 0 Å². The highest BCUT2D eigenvalue weighted by Crippen LogP contribution is 2.30. The van der Waals surface area contributed by atoms with Crippen molar-refractivity contribution in [1.82, 2.24) is 4.90 Å². The van der Waals surface area contributed by atoms with E-state index in [0.717, 1.165) is 30.8 Å². The molecule has 1 aromatic rings. The molecule has 0 aliphatic carbocycles. The van der Waals surface area contributed by atoms with Gasteiger partial charge in [-0.2, -0.15) is 0 Å². The van der Waals surface area contributed by atoms with E-state index in [9.17, 15) is 5.11 Å². The van der Waals surface area contributed by atoms with Crippen LogP contribution in [0.4, 0.5) is 0 Å².